The molecular formula is C16H26N2O. The van der Waals surface area contributed by atoms with Crippen LogP contribution in [0.25, 0.3) is 0 Å². The van der Waals surface area contributed by atoms with Crippen LogP contribution in [0.15, 0.2) is 30.3 Å². The molecule has 0 fully saturated rings. The zero-order valence-corrected chi connectivity index (χ0v) is 12.4. The molecule has 1 unspecified atom stereocenters. The first-order valence-corrected chi connectivity index (χ1v) is 6.89. The smallest absolute Gasteiger partial charge is 0.224 e. The molecule has 0 aliphatic rings. The average Bonchev–Trinajstić information content (AvgIpc) is 2.35. The van der Waals surface area contributed by atoms with Gasteiger partial charge in [-0.3, -0.25) is 4.79 Å². The average molecular weight is 262 g/mol. The SMILES string of the molecule is C[C@@H](NC(=O)C(CN)CC(C)(C)C)c1ccccc1. The first kappa shape index (κ1) is 15.7. The van der Waals surface area contributed by atoms with Gasteiger partial charge in [0.1, 0.15) is 0 Å². The second-order valence-electron chi connectivity index (χ2n) is 6.34. The number of carbonyl (C=O) groups is 1. The van der Waals surface area contributed by atoms with Gasteiger partial charge in [0.2, 0.25) is 5.91 Å². The predicted octanol–water partition coefficient (Wildman–Crippen LogP) is 2.87. The molecule has 0 radical (unpaired) electrons. The van der Waals surface area contributed by atoms with E-state index in [1.54, 1.807) is 0 Å². The number of nitrogens with two attached hydrogens (primary N) is 1. The van der Waals surface area contributed by atoms with Crippen molar-refractivity contribution in [2.75, 3.05) is 6.54 Å². The molecule has 0 aliphatic carbocycles. The predicted molar refractivity (Wildman–Crippen MR) is 79.6 cm³/mol. The lowest BCUT2D eigenvalue weighted by Crippen LogP contribution is -2.38. The van der Waals surface area contributed by atoms with E-state index >= 15 is 0 Å². The van der Waals surface area contributed by atoms with Crippen LogP contribution in [0.1, 0.15) is 45.7 Å². The first-order valence-electron chi connectivity index (χ1n) is 6.89. The summed E-state index contributed by atoms with van der Waals surface area (Å²) in [6, 6.07) is 9.99. The van der Waals surface area contributed by atoms with Gasteiger partial charge in [-0.25, -0.2) is 0 Å². The summed E-state index contributed by atoms with van der Waals surface area (Å²) in [4.78, 5) is 12.2. The minimum atomic E-state index is -0.119. The Morgan fingerprint density at radius 2 is 1.84 bits per heavy atom. The van der Waals surface area contributed by atoms with Crippen LogP contribution < -0.4 is 11.1 Å². The third-order valence-electron chi connectivity index (χ3n) is 3.17. The standard InChI is InChI=1S/C16H26N2O/c1-12(13-8-6-5-7-9-13)18-15(19)14(11-17)10-16(2,3)4/h5-9,12,14H,10-11,17H2,1-4H3,(H,18,19)/t12-,14?/m1/s1. The summed E-state index contributed by atoms with van der Waals surface area (Å²) in [7, 11) is 0. The third kappa shape index (κ3) is 5.43. The second kappa shape index (κ2) is 6.71. The number of nitrogens with one attached hydrogen (secondary N) is 1. The van der Waals surface area contributed by atoms with E-state index in [0.717, 1.165) is 12.0 Å². The summed E-state index contributed by atoms with van der Waals surface area (Å²) in [6.07, 6.45) is 0.802. The number of benzene rings is 1. The van der Waals surface area contributed by atoms with E-state index < -0.39 is 0 Å². The summed E-state index contributed by atoms with van der Waals surface area (Å²) >= 11 is 0. The van der Waals surface area contributed by atoms with Crippen LogP contribution in [0.4, 0.5) is 0 Å². The highest BCUT2D eigenvalue weighted by Gasteiger charge is 2.24. The van der Waals surface area contributed by atoms with Gasteiger partial charge in [-0.05, 0) is 24.3 Å². The van der Waals surface area contributed by atoms with Crippen LogP contribution in [0.3, 0.4) is 0 Å². The van der Waals surface area contributed by atoms with Crippen LogP contribution >= 0.6 is 0 Å². The van der Waals surface area contributed by atoms with E-state index in [-0.39, 0.29) is 23.3 Å². The maximum absolute atomic E-state index is 12.2. The number of hydrogen-bond donors (Lipinski definition) is 2. The summed E-state index contributed by atoms with van der Waals surface area (Å²) in [6.45, 7) is 8.78. The van der Waals surface area contributed by atoms with Gasteiger partial charge in [0.05, 0.1) is 12.0 Å². The Bertz CT molecular complexity index is 395. The maximum atomic E-state index is 12.2. The van der Waals surface area contributed by atoms with Crippen molar-refractivity contribution in [2.24, 2.45) is 17.1 Å². The minimum absolute atomic E-state index is 0.0164. The van der Waals surface area contributed by atoms with Crippen LogP contribution in [-0.2, 0) is 4.79 Å². The van der Waals surface area contributed by atoms with Crippen molar-refractivity contribution in [3.8, 4) is 0 Å². The quantitative estimate of drug-likeness (QED) is 0.857. The summed E-state index contributed by atoms with van der Waals surface area (Å²) in [5.74, 6) is -0.0695. The van der Waals surface area contributed by atoms with Gasteiger partial charge in [0.15, 0.2) is 0 Å². The number of hydrogen-bond acceptors (Lipinski definition) is 2. The van der Waals surface area contributed by atoms with Crippen molar-refractivity contribution in [1.82, 2.24) is 5.32 Å². The Morgan fingerprint density at radius 3 is 2.32 bits per heavy atom. The van der Waals surface area contributed by atoms with Gasteiger partial charge in [-0.1, -0.05) is 51.1 Å². The molecule has 0 heterocycles. The van der Waals surface area contributed by atoms with E-state index in [4.69, 9.17) is 5.73 Å². The number of rotatable bonds is 5. The Morgan fingerprint density at radius 1 is 1.26 bits per heavy atom. The molecule has 106 valence electrons. The van der Waals surface area contributed by atoms with E-state index in [1.165, 1.54) is 0 Å². The maximum Gasteiger partial charge on any atom is 0.224 e. The Labute approximate surface area is 116 Å². The van der Waals surface area contributed by atoms with Gasteiger partial charge in [0.25, 0.3) is 0 Å². The molecular weight excluding hydrogens is 236 g/mol. The van der Waals surface area contributed by atoms with E-state index in [2.05, 4.69) is 26.1 Å². The molecule has 2 atom stereocenters. The zero-order valence-electron chi connectivity index (χ0n) is 12.4. The van der Waals surface area contributed by atoms with Gasteiger partial charge < -0.3 is 11.1 Å². The molecule has 1 aromatic carbocycles. The minimum Gasteiger partial charge on any atom is -0.349 e. The third-order valence-corrected chi connectivity index (χ3v) is 3.17. The van der Waals surface area contributed by atoms with Crippen LogP contribution in [0, 0.1) is 11.3 Å². The van der Waals surface area contributed by atoms with Crippen molar-refractivity contribution in [2.45, 2.75) is 40.2 Å². The highest BCUT2D eigenvalue weighted by molar-refractivity contribution is 5.79. The molecule has 0 bridgehead atoms. The topological polar surface area (TPSA) is 55.1 Å². The van der Waals surface area contributed by atoms with Gasteiger partial charge in [-0.15, -0.1) is 0 Å². The molecule has 3 nitrogen and oxygen atoms in total. The first-order chi connectivity index (χ1) is 8.83. The summed E-state index contributed by atoms with van der Waals surface area (Å²) in [5, 5.41) is 3.05. The van der Waals surface area contributed by atoms with Gasteiger partial charge >= 0.3 is 0 Å². The molecule has 0 aliphatic heterocycles. The largest absolute Gasteiger partial charge is 0.349 e. The van der Waals surface area contributed by atoms with E-state index in [0.29, 0.717) is 6.54 Å². The van der Waals surface area contributed by atoms with Gasteiger partial charge in [0, 0.05) is 6.54 Å². The highest BCUT2D eigenvalue weighted by Crippen LogP contribution is 2.24. The second-order valence-corrected chi connectivity index (χ2v) is 6.34. The van der Waals surface area contributed by atoms with Crippen molar-refractivity contribution in [3.05, 3.63) is 35.9 Å². The normalized spacial score (nSPS) is 14.8. The summed E-state index contributed by atoms with van der Waals surface area (Å²) < 4.78 is 0. The van der Waals surface area contributed by atoms with Crippen molar-refractivity contribution < 1.29 is 4.79 Å². The van der Waals surface area contributed by atoms with E-state index in [1.807, 2.05) is 37.3 Å². The summed E-state index contributed by atoms with van der Waals surface area (Å²) in [5.41, 5.74) is 6.96. The lowest BCUT2D eigenvalue weighted by molar-refractivity contribution is -0.126. The van der Waals surface area contributed by atoms with Gasteiger partial charge in [-0.2, -0.15) is 0 Å². The molecule has 0 aromatic heterocycles. The number of amides is 1. The molecule has 1 amide bonds. The Balaban J connectivity index is 2.62. The van der Waals surface area contributed by atoms with Crippen LogP contribution in [-0.4, -0.2) is 12.5 Å². The fraction of sp³-hybridized carbons (Fsp3) is 0.562. The zero-order chi connectivity index (χ0) is 14.5. The molecule has 0 spiro atoms. The highest BCUT2D eigenvalue weighted by atomic mass is 16.1. The monoisotopic (exact) mass is 262 g/mol. The van der Waals surface area contributed by atoms with Crippen LogP contribution in [0.5, 0.6) is 0 Å². The lowest BCUT2D eigenvalue weighted by Gasteiger charge is -2.25. The molecule has 3 N–H and O–H groups in total. The van der Waals surface area contributed by atoms with Crippen molar-refractivity contribution >= 4 is 5.91 Å². The molecule has 0 saturated carbocycles. The van der Waals surface area contributed by atoms with Crippen molar-refractivity contribution in [1.29, 1.82) is 0 Å². The van der Waals surface area contributed by atoms with Crippen LogP contribution in [0.2, 0.25) is 0 Å². The lowest BCUT2D eigenvalue weighted by atomic mass is 9.84. The molecule has 19 heavy (non-hydrogen) atoms. The van der Waals surface area contributed by atoms with Crippen molar-refractivity contribution in [3.63, 3.8) is 0 Å². The Kier molecular flexibility index (Phi) is 5.55. The molecule has 3 heteroatoms. The van der Waals surface area contributed by atoms with E-state index in [9.17, 15) is 4.79 Å². The molecule has 0 saturated heterocycles. The molecule has 1 rings (SSSR count). The fourth-order valence-corrected chi connectivity index (χ4v) is 2.18. The number of carbonyl (C=O) groups excluding carboxylic acids is 1. The fourth-order valence-electron chi connectivity index (χ4n) is 2.18. The molecule has 1 aromatic rings. The Hall–Kier alpha value is -1.35.